The Morgan fingerprint density at radius 3 is 2.30 bits per heavy atom. The van der Waals surface area contributed by atoms with Gasteiger partial charge in [0.25, 0.3) is 0 Å². The molecule has 130 valence electrons. The first-order valence-corrected chi connectivity index (χ1v) is 8.42. The van der Waals surface area contributed by atoms with Crippen LogP contribution < -0.4 is 5.73 Å². The summed E-state index contributed by atoms with van der Waals surface area (Å²) in [6.45, 7) is 2.87. The second kappa shape index (κ2) is 10.9. The predicted molar refractivity (Wildman–Crippen MR) is 110 cm³/mol. The van der Waals surface area contributed by atoms with Gasteiger partial charge < -0.3 is 15.5 Å². The molecule has 1 saturated heterocycles. The topological polar surface area (TPSA) is 44.9 Å². The molecule has 4 nitrogen and oxygen atoms in total. The quantitative estimate of drug-likeness (QED) is 0.444. The molecule has 1 aliphatic rings. The van der Waals surface area contributed by atoms with Crippen molar-refractivity contribution in [2.24, 2.45) is 10.7 Å². The highest BCUT2D eigenvalue weighted by Gasteiger charge is 2.14. The Morgan fingerprint density at radius 1 is 1.13 bits per heavy atom. The van der Waals surface area contributed by atoms with Crippen LogP contribution in [0.1, 0.15) is 31.2 Å². The molecule has 1 aromatic carbocycles. The number of benzene rings is 1. The Bertz CT molecular complexity index is 453. The van der Waals surface area contributed by atoms with Gasteiger partial charge in [0.1, 0.15) is 0 Å². The molecule has 2 N–H and O–H groups in total. The SMILES string of the molecule is CN(C)C(CN=C(N)N1CCCCCC1)Cc1ccccc1.I. The van der Waals surface area contributed by atoms with Crippen LogP contribution in [0.3, 0.4) is 0 Å². The summed E-state index contributed by atoms with van der Waals surface area (Å²) in [5.74, 6) is 0.724. The lowest BCUT2D eigenvalue weighted by atomic mass is 10.1. The molecule has 0 aliphatic carbocycles. The summed E-state index contributed by atoms with van der Waals surface area (Å²) in [4.78, 5) is 9.18. The molecule has 1 heterocycles. The van der Waals surface area contributed by atoms with Gasteiger partial charge in [-0.15, -0.1) is 24.0 Å². The number of hydrogen-bond acceptors (Lipinski definition) is 2. The van der Waals surface area contributed by atoms with Crippen molar-refractivity contribution >= 4 is 29.9 Å². The molecule has 0 spiro atoms. The first kappa shape index (κ1) is 20.2. The van der Waals surface area contributed by atoms with Gasteiger partial charge in [0, 0.05) is 19.1 Å². The third-order valence-corrected chi connectivity index (χ3v) is 4.44. The molecule has 0 bridgehead atoms. The molecule has 1 atom stereocenters. The van der Waals surface area contributed by atoms with Crippen LogP contribution in [0.15, 0.2) is 35.3 Å². The summed E-state index contributed by atoms with van der Waals surface area (Å²) in [5.41, 5.74) is 7.57. The van der Waals surface area contributed by atoms with E-state index in [4.69, 9.17) is 5.73 Å². The zero-order chi connectivity index (χ0) is 15.8. The number of nitrogens with zero attached hydrogens (tertiary/aromatic N) is 3. The van der Waals surface area contributed by atoms with Crippen LogP contribution in [0.5, 0.6) is 0 Å². The van der Waals surface area contributed by atoms with Crippen molar-refractivity contribution in [1.82, 2.24) is 9.80 Å². The summed E-state index contributed by atoms with van der Waals surface area (Å²) in [5, 5.41) is 0. The molecule has 1 unspecified atom stereocenters. The van der Waals surface area contributed by atoms with Crippen LogP contribution in [0.2, 0.25) is 0 Å². The Balaban J connectivity index is 0.00000264. The summed E-state index contributed by atoms with van der Waals surface area (Å²) < 4.78 is 0. The number of nitrogens with two attached hydrogens (primary N) is 1. The summed E-state index contributed by atoms with van der Waals surface area (Å²) in [6, 6.07) is 11.0. The fraction of sp³-hybridized carbons (Fsp3) is 0.611. The molecule has 0 saturated carbocycles. The molecule has 1 aliphatic heterocycles. The molecule has 5 heteroatoms. The smallest absolute Gasteiger partial charge is 0.191 e. The molecule has 0 radical (unpaired) electrons. The fourth-order valence-corrected chi connectivity index (χ4v) is 2.90. The van der Waals surface area contributed by atoms with Gasteiger partial charge in [0.05, 0.1) is 6.54 Å². The van der Waals surface area contributed by atoms with Crippen molar-refractivity contribution in [1.29, 1.82) is 0 Å². The van der Waals surface area contributed by atoms with Crippen LogP contribution >= 0.6 is 24.0 Å². The molecule has 1 aromatic rings. The molecule has 0 aromatic heterocycles. The van der Waals surface area contributed by atoms with Crippen LogP contribution in [0, 0.1) is 0 Å². The maximum absolute atomic E-state index is 6.22. The number of halogens is 1. The van der Waals surface area contributed by atoms with Gasteiger partial charge in [-0.1, -0.05) is 43.2 Å². The molecule has 0 amide bonds. The average molecular weight is 430 g/mol. The number of likely N-dealkylation sites (N-methyl/N-ethyl adjacent to an activating group) is 1. The van der Waals surface area contributed by atoms with E-state index in [-0.39, 0.29) is 24.0 Å². The minimum Gasteiger partial charge on any atom is -0.370 e. The maximum Gasteiger partial charge on any atom is 0.191 e. The maximum atomic E-state index is 6.22. The first-order chi connectivity index (χ1) is 10.7. The highest BCUT2D eigenvalue weighted by atomic mass is 127. The lowest BCUT2D eigenvalue weighted by molar-refractivity contribution is 0.297. The van der Waals surface area contributed by atoms with E-state index in [1.165, 1.54) is 31.2 Å². The lowest BCUT2D eigenvalue weighted by Crippen LogP contribution is -2.40. The Labute approximate surface area is 158 Å². The van der Waals surface area contributed by atoms with E-state index in [1.54, 1.807) is 0 Å². The van der Waals surface area contributed by atoms with Crippen molar-refractivity contribution in [3.63, 3.8) is 0 Å². The second-order valence-electron chi connectivity index (χ2n) is 6.41. The van der Waals surface area contributed by atoms with Gasteiger partial charge in [-0.05, 0) is 38.9 Å². The Morgan fingerprint density at radius 2 is 1.74 bits per heavy atom. The zero-order valence-electron chi connectivity index (χ0n) is 14.4. The van der Waals surface area contributed by atoms with Gasteiger partial charge in [0.2, 0.25) is 0 Å². The van der Waals surface area contributed by atoms with Gasteiger partial charge in [-0.25, -0.2) is 0 Å². The molecule has 23 heavy (non-hydrogen) atoms. The number of likely N-dealkylation sites (tertiary alicyclic amines) is 1. The summed E-state index contributed by atoms with van der Waals surface area (Å²) >= 11 is 0. The number of rotatable bonds is 5. The van der Waals surface area contributed by atoms with E-state index in [2.05, 4.69) is 59.2 Å². The highest BCUT2D eigenvalue weighted by Crippen LogP contribution is 2.10. The van der Waals surface area contributed by atoms with E-state index in [0.717, 1.165) is 32.0 Å². The van der Waals surface area contributed by atoms with Crippen molar-refractivity contribution in [3.05, 3.63) is 35.9 Å². The molecule has 2 rings (SSSR count). The second-order valence-corrected chi connectivity index (χ2v) is 6.41. The minimum absolute atomic E-state index is 0. The lowest BCUT2D eigenvalue weighted by Gasteiger charge is -2.25. The third-order valence-electron chi connectivity index (χ3n) is 4.44. The number of guanidine groups is 1. The van der Waals surface area contributed by atoms with Crippen molar-refractivity contribution in [2.45, 2.75) is 38.1 Å². The van der Waals surface area contributed by atoms with Crippen molar-refractivity contribution in [3.8, 4) is 0 Å². The highest BCUT2D eigenvalue weighted by molar-refractivity contribution is 14.0. The average Bonchev–Trinajstić information content (AvgIpc) is 2.81. The first-order valence-electron chi connectivity index (χ1n) is 8.42. The molecular weight excluding hydrogens is 399 g/mol. The number of hydrogen-bond donors (Lipinski definition) is 1. The standard InChI is InChI=1S/C18H30N4.HI/c1-21(2)17(14-16-10-6-5-7-11-16)15-20-18(19)22-12-8-3-4-9-13-22;/h5-7,10-11,17H,3-4,8-9,12-15H2,1-2H3,(H2,19,20);1H. The molecular formula is C18H31IN4. The summed E-state index contributed by atoms with van der Waals surface area (Å²) in [7, 11) is 4.23. The van der Waals surface area contributed by atoms with Gasteiger partial charge in [-0.3, -0.25) is 4.99 Å². The third kappa shape index (κ3) is 7.08. The van der Waals surface area contributed by atoms with E-state index in [0.29, 0.717) is 6.04 Å². The number of aliphatic imine (C=N–C) groups is 1. The monoisotopic (exact) mass is 430 g/mol. The van der Waals surface area contributed by atoms with E-state index in [9.17, 15) is 0 Å². The largest absolute Gasteiger partial charge is 0.370 e. The normalized spacial score (nSPS) is 17.5. The summed E-state index contributed by atoms with van der Waals surface area (Å²) in [6.07, 6.45) is 6.11. The Kier molecular flexibility index (Phi) is 9.55. The van der Waals surface area contributed by atoms with Gasteiger partial charge in [0.15, 0.2) is 5.96 Å². The van der Waals surface area contributed by atoms with Crippen LogP contribution in [-0.2, 0) is 6.42 Å². The van der Waals surface area contributed by atoms with E-state index in [1.807, 2.05) is 0 Å². The molecule has 1 fully saturated rings. The van der Waals surface area contributed by atoms with Crippen molar-refractivity contribution < 1.29 is 0 Å². The van der Waals surface area contributed by atoms with E-state index >= 15 is 0 Å². The van der Waals surface area contributed by atoms with Crippen molar-refractivity contribution in [2.75, 3.05) is 33.7 Å². The van der Waals surface area contributed by atoms with Crippen LogP contribution in [-0.4, -0.2) is 55.5 Å². The Hall–Kier alpha value is -0.820. The van der Waals surface area contributed by atoms with E-state index < -0.39 is 0 Å². The van der Waals surface area contributed by atoms with Crippen LogP contribution in [0.25, 0.3) is 0 Å². The van der Waals surface area contributed by atoms with Gasteiger partial charge >= 0.3 is 0 Å². The zero-order valence-corrected chi connectivity index (χ0v) is 16.8. The minimum atomic E-state index is 0. The fourth-order valence-electron chi connectivity index (χ4n) is 2.90. The predicted octanol–water partition coefficient (Wildman–Crippen LogP) is 2.97. The van der Waals surface area contributed by atoms with Crippen LogP contribution in [0.4, 0.5) is 0 Å². The van der Waals surface area contributed by atoms with Gasteiger partial charge in [-0.2, -0.15) is 0 Å².